The van der Waals surface area contributed by atoms with Crippen molar-refractivity contribution >= 4 is 38.6 Å². The van der Waals surface area contributed by atoms with Crippen LogP contribution in [-0.2, 0) is 10.0 Å². The molecule has 1 aromatic heterocycles. The Labute approximate surface area is 200 Å². The van der Waals surface area contributed by atoms with Gasteiger partial charge in [-0.05, 0) is 60.7 Å². The van der Waals surface area contributed by atoms with Gasteiger partial charge in [0.2, 0.25) is 0 Å². The highest BCUT2D eigenvalue weighted by Gasteiger charge is 2.19. The summed E-state index contributed by atoms with van der Waals surface area (Å²) >= 11 is 1.54. The van der Waals surface area contributed by atoms with Gasteiger partial charge < -0.3 is 14.8 Å². The standard InChI is InChI=1S/C24H19N3O5S2/c28-23(26-18-5-3-17(4-6-18)24-25-11-14-33-24)16-1-7-19(8-2-16)27-34(29,30)20-9-10-21-22(15-20)32-13-12-31-21/h1-11,14-15,27H,12-13H2,(H,26,28). The minimum atomic E-state index is -3.84. The topological polar surface area (TPSA) is 107 Å². The first-order valence-electron chi connectivity index (χ1n) is 10.3. The lowest BCUT2D eigenvalue weighted by molar-refractivity contribution is 0.102. The van der Waals surface area contributed by atoms with Crippen LogP contribution in [0.3, 0.4) is 0 Å². The lowest BCUT2D eigenvalue weighted by atomic mass is 10.1. The molecule has 10 heteroatoms. The van der Waals surface area contributed by atoms with E-state index in [1.54, 1.807) is 35.7 Å². The second-order valence-corrected chi connectivity index (χ2v) is 9.93. The van der Waals surface area contributed by atoms with E-state index in [0.29, 0.717) is 41.7 Å². The lowest BCUT2D eigenvalue weighted by Crippen LogP contribution is -2.17. The highest BCUT2D eigenvalue weighted by molar-refractivity contribution is 7.92. The van der Waals surface area contributed by atoms with E-state index in [4.69, 9.17) is 9.47 Å². The zero-order valence-electron chi connectivity index (χ0n) is 17.7. The van der Waals surface area contributed by atoms with Crippen LogP contribution in [-0.4, -0.2) is 32.5 Å². The molecule has 2 heterocycles. The third-order valence-corrected chi connectivity index (χ3v) is 7.25. The van der Waals surface area contributed by atoms with Crippen LogP contribution in [0.2, 0.25) is 0 Å². The highest BCUT2D eigenvalue weighted by Crippen LogP contribution is 2.32. The minimum absolute atomic E-state index is 0.0553. The molecular weight excluding hydrogens is 474 g/mol. The number of nitrogens with zero attached hydrogens (tertiary/aromatic N) is 1. The molecular formula is C24H19N3O5S2. The van der Waals surface area contributed by atoms with Crippen LogP contribution in [0, 0.1) is 0 Å². The van der Waals surface area contributed by atoms with E-state index in [-0.39, 0.29) is 10.8 Å². The van der Waals surface area contributed by atoms with E-state index in [1.165, 1.54) is 24.3 Å². The monoisotopic (exact) mass is 493 g/mol. The predicted molar refractivity (Wildman–Crippen MR) is 130 cm³/mol. The molecule has 1 amide bonds. The molecule has 0 radical (unpaired) electrons. The zero-order chi connectivity index (χ0) is 23.5. The van der Waals surface area contributed by atoms with E-state index in [0.717, 1.165) is 10.6 Å². The number of carbonyl (C=O) groups is 1. The summed E-state index contributed by atoms with van der Waals surface area (Å²) < 4.78 is 38.9. The quantitative estimate of drug-likeness (QED) is 0.406. The average molecular weight is 494 g/mol. The van der Waals surface area contributed by atoms with Crippen LogP contribution in [0.25, 0.3) is 10.6 Å². The molecule has 5 rings (SSSR count). The number of thiazole rings is 1. The normalized spacial score (nSPS) is 12.7. The number of hydrogen-bond donors (Lipinski definition) is 2. The van der Waals surface area contributed by atoms with Crippen molar-refractivity contribution in [3.63, 3.8) is 0 Å². The number of nitrogens with one attached hydrogen (secondary N) is 2. The summed E-state index contributed by atoms with van der Waals surface area (Å²) in [5.74, 6) is 0.600. The number of anilines is 2. The van der Waals surface area contributed by atoms with Gasteiger partial charge in [0.05, 0.1) is 4.90 Å². The van der Waals surface area contributed by atoms with Gasteiger partial charge in [-0.2, -0.15) is 0 Å². The van der Waals surface area contributed by atoms with E-state index in [1.807, 2.05) is 29.6 Å². The van der Waals surface area contributed by atoms with Gasteiger partial charge in [0.15, 0.2) is 11.5 Å². The fourth-order valence-corrected chi connectivity index (χ4v) is 5.08. The van der Waals surface area contributed by atoms with Gasteiger partial charge in [0.25, 0.3) is 15.9 Å². The first-order valence-corrected chi connectivity index (χ1v) is 12.7. The molecule has 0 saturated carbocycles. The SMILES string of the molecule is O=C(Nc1ccc(-c2nccs2)cc1)c1ccc(NS(=O)(=O)c2ccc3c(c2)OCCO3)cc1. The number of sulfonamides is 1. The summed E-state index contributed by atoms with van der Waals surface area (Å²) in [7, 11) is -3.84. The molecule has 0 bridgehead atoms. The molecule has 172 valence electrons. The van der Waals surface area contributed by atoms with Crippen molar-refractivity contribution < 1.29 is 22.7 Å². The Balaban J connectivity index is 1.24. The van der Waals surface area contributed by atoms with Gasteiger partial charge in [-0.25, -0.2) is 13.4 Å². The molecule has 1 aliphatic rings. The predicted octanol–water partition coefficient (Wildman–Crippen LogP) is 4.63. The first kappa shape index (κ1) is 21.9. The second kappa shape index (κ2) is 9.16. The Kier molecular flexibility index (Phi) is 5.91. The van der Waals surface area contributed by atoms with Crippen molar-refractivity contribution in [3.8, 4) is 22.1 Å². The molecule has 0 spiro atoms. The summed E-state index contributed by atoms with van der Waals surface area (Å²) in [5.41, 5.74) is 2.35. The second-order valence-electron chi connectivity index (χ2n) is 7.36. The molecule has 0 saturated heterocycles. The largest absolute Gasteiger partial charge is 0.486 e. The van der Waals surface area contributed by atoms with Crippen LogP contribution < -0.4 is 19.5 Å². The van der Waals surface area contributed by atoms with Crippen molar-refractivity contribution in [2.75, 3.05) is 23.3 Å². The van der Waals surface area contributed by atoms with E-state index in [2.05, 4.69) is 15.0 Å². The highest BCUT2D eigenvalue weighted by atomic mass is 32.2. The lowest BCUT2D eigenvalue weighted by Gasteiger charge is -2.19. The summed E-state index contributed by atoms with van der Waals surface area (Å²) in [5, 5.41) is 5.65. The van der Waals surface area contributed by atoms with Crippen molar-refractivity contribution in [2.45, 2.75) is 4.90 Å². The zero-order valence-corrected chi connectivity index (χ0v) is 19.4. The van der Waals surface area contributed by atoms with Gasteiger partial charge in [0, 0.05) is 40.1 Å². The fraction of sp³-hybridized carbons (Fsp3) is 0.0833. The van der Waals surface area contributed by atoms with Crippen molar-refractivity contribution in [2.24, 2.45) is 0 Å². The van der Waals surface area contributed by atoms with Crippen LogP contribution in [0.15, 0.2) is 83.2 Å². The number of fused-ring (bicyclic) bond motifs is 1. The number of amides is 1. The number of rotatable bonds is 6. The van der Waals surface area contributed by atoms with Gasteiger partial charge >= 0.3 is 0 Å². The Morgan fingerprint density at radius 1 is 0.882 bits per heavy atom. The summed E-state index contributed by atoms with van der Waals surface area (Å²) in [6.45, 7) is 0.790. The van der Waals surface area contributed by atoms with E-state index < -0.39 is 10.0 Å². The number of benzene rings is 3. The van der Waals surface area contributed by atoms with Gasteiger partial charge in [-0.15, -0.1) is 11.3 Å². The molecule has 0 aliphatic carbocycles. The molecule has 3 aromatic carbocycles. The Hall–Kier alpha value is -3.89. The molecule has 0 unspecified atom stereocenters. The van der Waals surface area contributed by atoms with Crippen LogP contribution in [0.1, 0.15) is 10.4 Å². The van der Waals surface area contributed by atoms with Gasteiger partial charge in [-0.3, -0.25) is 9.52 Å². The Bertz CT molecular complexity index is 1420. The van der Waals surface area contributed by atoms with Gasteiger partial charge in [0.1, 0.15) is 18.2 Å². The average Bonchev–Trinajstić information content (AvgIpc) is 3.39. The maximum atomic E-state index is 12.8. The summed E-state index contributed by atoms with van der Waals surface area (Å²) in [4.78, 5) is 16.9. The Morgan fingerprint density at radius 3 is 2.29 bits per heavy atom. The summed E-state index contributed by atoms with van der Waals surface area (Å²) in [6.07, 6.45) is 1.75. The molecule has 2 N–H and O–H groups in total. The number of aromatic nitrogens is 1. The number of ether oxygens (including phenoxy) is 2. The molecule has 0 atom stereocenters. The molecule has 4 aromatic rings. The number of carbonyl (C=O) groups excluding carboxylic acids is 1. The molecule has 0 fully saturated rings. The van der Waals surface area contributed by atoms with E-state index >= 15 is 0 Å². The summed E-state index contributed by atoms with van der Waals surface area (Å²) in [6, 6.07) is 18.0. The smallest absolute Gasteiger partial charge is 0.262 e. The third-order valence-electron chi connectivity index (χ3n) is 5.05. The van der Waals surface area contributed by atoms with Gasteiger partial charge in [-0.1, -0.05) is 0 Å². The number of hydrogen-bond acceptors (Lipinski definition) is 7. The van der Waals surface area contributed by atoms with Crippen LogP contribution in [0.4, 0.5) is 11.4 Å². The molecule has 8 nitrogen and oxygen atoms in total. The molecule has 1 aliphatic heterocycles. The fourth-order valence-electron chi connectivity index (χ4n) is 3.36. The van der Waals surface area contributed by atoms with Crippen LogP contribution >= 0.6 is 11.3 Å². The first-order chi connectivity index (χ1) is 16.5. The Morgan fingerprint density at radius 2 is 1.59 bits per heavy atom. The van der Waals surface area contributed by atoms with Crippen molar-refractivity contribution in [1.29, 1.82) is 0 Å². The third kappa shape index (κ3) is 4.73. The maximum Gasteiger partial charge on any atom is 0.262 e. The molecule has 34 heavy (non-hydrogen) atoms. The van der Waals surface area contributed by atoms with Crippen molar-refractivity contribution in [3.05, 3.63) is 83.9 Å². The minimum Gasteiger partial charge on any atom is -0.486 e. The van der Waals surface area contributed by atoms with Crippen LogP contribution in [0.5, 0.6) is 11.5 Å². The van der Waals surface area contributed by atoms with Crippen molar-refractivity contribution in [1.82, 2.24) is 4.98 Å². The van der Waals surface area contributed by atoms with E-state index in [9.17, 15) is 13.2 Å². The maximum absolute atomic E-state index is 12.8.